The molecule has 1 saturated heterocycles. The summed E-state index contributed by atoms with van der Waals surface area (Å²) in [4.78, 5) is 23.5. The van der Waals surface area contributed by atoms with Gasteiger partial charge in [0.1, 0.15) is 11.9 Å². The molecule has 0 spiro atoms. The van der Waals surface area contributed by atoms with Crippen molar-refractivity contribution in [2.75, 3.05) is 6.54 Å². The number of hydrogen-bond acceptors (Lipinski definition) is 3. The fraction of sp³-hybridized carbons (Fsp3) is 0.500. The Hall–Kier alpha value is -1.75. The van der Waals surface area contributed by atoms with Crippen LogP contribution in [0.2, 0.25) is 5.02 Å². The van der Waals surface area contributed by atoms with Crippen molar-refractivity contribution in [3.63, 3.8) is 0 Å². The summed E-state index contributed by atoms with van der Waals surface area (Å²) in [5.74, 6) is -1.61. The van der Waals surface area contributed by atoms with Gasteiger partial charge >= 0.3 is 11.9 Å². The maximum atomic E-state index is 11.5. The Morgan fingerprint density at radius 3 is 2.50 bits per heavy atom. The van der Waals surface area contributed by atoms with Crippen molar-refractivity contribution < 1.29 is 19.4 Å². The molecule has 5 nitrogen and oxygen atoms in total. The first-order chi connectivity index (χ1) is 10.1. The molecule has 0 aliphatic carbocycles. The summed E-state index contributed by atoms with van der Waals surface area (Å²) in [5.41, 5.74) is 0.847. The van der Waals surface area contributed by atoms with Gasteiger partial charge in [0.05, 0.1) is 12.6 Å². The molecule has 2 atom stereocenters. The number of carboxylic acid groups (broad SMARTS) is 1. The van der Waals surface area contributed by atoms with Crippen LogP contribution in [-0.4, -0.2) is 40.6 Å². The van der Waals surface area contributed by atoms with Crippen molar-refractivity contribution in [1.29, 1.82) is 0 Å². The van der Waals surface area contributed by atoms with E-state index in [0.29, 0.717) is 5.02 Å². The number of nitrogens with zero attached hydrogens (tertiary/aromatic N) is 1. The van der Waals surface area contributed by atoms with Gasteiger partial charge in [-0.2, -0.15) is 0 Å². The lowest BCUT2D eigenvalue weighted by Gasteiger charge is -2.45. The third-order valence-corrected chi connectivity index (χ3v) is 4.11. The minimum atomic E-state index is -1.44. The summed E-state index contributed by atoms with van der Waals surface area (Å²) in [6, 6.07) is 5.18. The van der Waals surface area contributed by atoms with E-state index >= 15 is 0 Å². The highest BCUT2D eigenvalue weighted by Gasteiger charge is 2.43. The average molecular weight is 326 g/mol. The van der Waals surface area contributed by atoms with Crippen molar-refractivity contribution in [1.82, 2.24) is 4.90 Å². The molecule has 1 aromatic rings. The highest BCUT2D eigenvalue weighted by molar-refractivity contribution is 6.31. The molecular formula is C16H20ClNO4. The molecule has 0 radical (unpaired) electrons. The predicted molar refractivity (Wildman–Crippen MR) is 83.4 cm³/mol. The number of aliphatic carboxylic acids is 1. The first-order valence-corrected chi connectivity index (χ1v) is 7.49. The molecule has 0 aromatic heterocycles. The molecule has 1 amide bonds. The number of carboxylic acids is 1. The zero-order chi connectivity index (χ0) is 16.7. The minimum absolute atomic E-state index is 0.135. The normalized spacial score (nSPS) is 21.2. The van der Waals surface area contributed by atoms with Crippen LogP contribution >= 0.6 is 11.6 Å². The van der Waals surface area contributed by atoms with Gasteiger partial charge in [-0.25, -0.2) is 4.79 Å². The van der Waals surface area contributed by atoms with E-state index in [9.17, 15) is 9.59 Å². The lowest BCUT2D eigenvalue weighted by molar-refractivity contribution is -0.164. The van der Waals surface area contributed by atoms with Gasteiger partial charge in [-0.15, -0.1) is 0 Å². The molecule has 6 heteroatoms. The monoisotopic (exact) mass is 325 g/mol. The van der Waals surface area contributed by atoms with Gasteiger partial charge in [-0.3, -0.25) is 4.79 Å². The maximum Gasteiger partial charge on any atom is 0.394 e. The lowest BCUT2D eigenvalue weighted by Crippen LogP contribution is -2.64. The number of likely N-dealkylation sites (tertiary alicyclic amines) is 1. The maximum absolute atomic E-state index is 11.5. The topological polar surface area (TPSA) is 66.8 Å². The largest absolute Gasteiger partial charge is 0.486 e. The Bertz CT molecular complexity index is 609. The van der Waals surface area contributed by atoms with Gasteiger partial charge in [0.15, 0.2) is 0 Å². The number of halogens is 1. The van der Waals surface area contributed by atoms with E-state index in [1.165, 1.54) is 4.90 Å². The molecule has 1 fully saturated rings. The van der Waals surface area contributed by atoms with E-state index in [1.54, 1.807) is 13.0 Å². The molecule has 1 aliphatic rings. The number of ether oxygens (including phenoxy) is 1. The van der Waals surface area contributed by atoms with Crippen LogP contribution in [-0.2, 0) is 15.0 Å². The van der Waals surface area contributed by atoms with Gasteiger partial charge in [-0.1, -0.05) is 32.4 Å². The second-order valence-corrected chi connectivity index (χ2v) is 6.99. The van der Waals surface area contributed by atoms with E-state index in [1.807, 2.05) is 12.1 Å². The van der Waals surface area contributed by atoms with Crippen LogP contribution in [0.5, 0.6) is 5.75 Å². The van der Waals surface area contributed by atoms with Crippen molar-refractivity contribution in [2.24, 2.45) is 0 Å². The van der Waals surface area contributed by atoms with Crippen molar-refractivity contribution >= 4 is 23.5 Å². The number of carbonyl (C=O) groups excluding carboxylic acids is 1. The molecule has 1 heterocycles. The first-order valence-electron chi connectivity index (χ1n) is 7.12. The van der Waals surface area contributed by atoms with Crippen molar-refractivity contribution in [3.8, 4) is 5.75 Å². The van der Waals surface area contributed by atoms with Crippen molar-refractivity contribution in [2.45, 2.75) is 45.3 Å². The van der Waals surface area contributed by atoms with Gasteiger partial charge in [0.2, 0.25) is 0 Å². The highest BCUT2D eigenvalue weighted by atomic mass is 35.5. The smallest absolute Gasteiger partial charge is 0.394 e. The third-order valence-electron chi connectivity index (χ3n) is 3.88. The quantitative estimate of drug-likeness (QED) is 0.849. The molecule has 0 saturated carbocycles. The summed E-state index contributed by atoms with van der Waals surface area (Å²) in [6.07, 6.45) is -0.217. The molecule has 22 heavy (non-hydrogen) atoms. The SMILES string of the molecule is CC1C(Oc2ccc(Cl)cc2C(C)(C)C)CN1C(=O)C(=O)O. The minimum Gasteiger partial charge on any atom is -0.486 e. The second-order valence-electron chi connectivity index (χ2n) is 6.55. The fourth-order valence-corrected chi connectivity index (χ4v) is 2.63. The van der Waals surface area contributed by atoms with Gasteiger partial charge in [0.25, 0.3) is 0 Å². The van der Waals surface area contributed by atoms with E-state index in [-0.39, 0.29) is 24.1 Å². The average Bonchev–Trinajstić information content (AvgIpc) is 2.42. The summed E-state index contributed by atoms with van der Waals surface area (Å²) >= 11 is 6.06. The zero-order valence-electron chi connectivity index (χ0n) is 13.1. The fourth-order valence-electron chi connectivity index (χ4n) is 2.46. The van der Waals surface area contributed by atoms with E-state index < -0.39 is 11.9 Å². The van der Waals surface area contributed by atoms with Crippen LogP contribution in [0.25, 0.3) is 0 Å². The van der Waals surface area contributed by atoms with Gasteiger partial charge in [-0.05, 0) is 30.5 Å². The van der Waals surface area contributed by atoms with Crippen molar-refractivity contribution in [3.05, 3.63) is 28.8 Å². The Morgan fingerprint density at radius 1 is 1.36 bits per heavy atom. The first kappa shape index (κ1) is 16.6. The number of carbonyl (C=O) groups is 2. The molecular weight excluding hydrogens is 306 g/mol. The Kier molecular flexibility index (Phi) is 4.38. The van der Waals surface area contributed by atoms with Crippen LogP contribution in [0.15, 0.2) is 18.2 Å². The van der Waals surface area contributed by atoms with Gasteiger partial charge in [0, 0.05) is 10.6 Å². The second kappa shape index (κ2) is 5.80. The Balaban J connectivity index is 2.14. The highest BCUT2D eigenvalue weighted by Crippen LogP contribution is 2.35. The summed E-state index contributed by atoms with van der Waals surface area (Å²) < 4.78 is 5.99. The van der Waals surface area contributed by atoms with Crippen LogP contribution in [0.4, 0.5) is 0 Å². The number of benzene rings is 1. The third kappa shape index (κ3) is 3.19. The molecule has 1 aliphatic heterocycles. The van der Waals surface area contributed by atoms with Crippen LogP contribution in [0.1, 0.15) is 33.3 Å². The van der Waals surface area contributed by atoms with E-state index in [2.05, 4.69) is 20.8 Å². The number of rotatable bonds is 2. The molecule has 2 unspecified atom stereocenters. The van der Waals surface area contributed by atoms with Crippen LogP contribution in [0, 0.1) is 0 Å². The molecule has 120 valence electrons. The lowest BCUT2D eigenvalue weighted by atomic mass is 9.86. The standard InChI is InChI=1S/C16H20ClNO4/c1-9-13(8-18(9)14(19)15(20)21)22-12-6-5-10(17)7-11(12)16(2,3)4/h5-7,9,13H,8H2,1-4H3,(H,20,21). The molecule has 1 N–H and O–H groups in total. The zero-order valence-corrected chi connectivity index (χ0v) is 13.8. The predicted octanol–water partition coefficient (Wildman–Crippen LogP) is 2.70. The van der Waals surface area contributed by atoms with Crippen LogP contribution < -0.4 is 4.74 Å². The Morgan fingerprint density at radius 2 is 2.00 bits per heavy atom. The number of amides is 1. The Labute approximate surface area is 134 Å². The molecule has 0 bridgehead atoms. The van der Waals surface area contributed by atoms with E-state index in [4.69, 9.17) is 21.4 Å². The number of hydrogen-bond donors (Lipinski definition) is 1. The molecule has 1 aromatic carbocycles. The molecule has 2 rings (SSSR count). The van der Waals surface area contributed by atoms with E-state index in [0.717, 1.165) is 11.3 Å². The van der Waals surface area contributed by atoms with Crippen LogP contribution in [0.3, 0.4) is 0 Å². The summed E-state index contributed by atoms with van der Waals surface area (Å²) in [7, 11) is 0. The summed E-state index contributed by atoms with van der Waals surface area (Å²) in [6.45, 7) is 8.25. The summed E-state index contributed by atoms with van der Waals surface area (Å²) in [5, 5.41) is 9.39. The van der Waals surface area contributed by atoms with Gasteiger partial charge < -0.3 is 14.7 Å².